The van der Waals surface area contributed by atoms with Crippen molar-refractivity contribution in [2.45, 2.75) is 12.1 Å². The first-order valence-corrected chi connectivity index (χ1v) is 11.6. The van der Waals surface area contributed by atoms with Crippen LogP contribution in [0.15, 0.2) is 83.1 Å². The maximum atomic E-state index is 6.65. The Kier molecular flexibility index (Phi) is 5.03. The van der Waals surface area contributed by atoms with E-state index >= 15 is 0 Å². The van der Waals surface area contributed by atoms with E-state index in [0.29, 0.717) is 5.95 Å². The molecule has 1 aromatic heterocycles. The molecule has 6 rings (SSSR count). The minimum atomic E-state index is -0.358. The third-order valence-electron chi connectivity index (χ3n) is 6.23. The summed E-state index contributed by atoms with van der Waals surface area (Å²) in [5.74, 6) is 2.93. The number of fused-ring (bicyclic) bond motifs is 3. The summed E-state index contributed by atoms with van der Waals surface area (Å²) in [6.45, 7) is 0. The maximum Gasteiger partial charge on any atom is 0.226 e. The van der Waals surface area contributed by atoms with Gasteiger partial charge in [0.15, 0.2) is 0 Å². The van der Waals surface area contributed by atoms with Crippen molar-refractivity contribution in [1.82, 2.24) is 14.8 Å². The van der Waals surface area contributed by atoms with Crippen molar-refractivity contribution in [2.75, 3.05) is 19.5 Å². The predicted octanol–water partition coefficient (Wildman–Crippen LogP) is 5.62. The number of aromatic nitrogens is 3. The molecule has 7 nitrogen and oxygen atoms in total. The van der Waals surface area contributed by atoms with Gasteiger partial charge in [0.25, 0.3) is 0 Å². The van der Waals surface area contributed by atoms with E-state index < -0.39 is 0 Å². The number of methoxy groups -OCH3 is 2. The molecule has 2 aliphatic heterocycles. The minimum Gasteiger partial charge on any atom is -0.497 e. The molecule has 2 unspecified atom stereocenters. The normalized spacial score (nSPS) is 18.2. The number of nitrogens with zero attached hydrogens (tertiary/aromatic N) is 3. The summed E-state index contributed by atoms with van der Waals surface area (Å²) in [7, 11) is 3.33. The Morgan fingerprint density at radius 1 is 1.00 bits per heavy atom. The zero-order valence-corrected chi connectivity index (χ0v) is 20.1. The van der Waals surface area contributed by atoms with Gasteiger partial charge in [-0.2, -0.15) is 10.1 Å². The fourth-order valence-corrected chi connectivity index (χ4v) is 4.95. The van der Waals surface area contributed by atoms with Gasteiger partial charge >= 0.3 is 0 Å². The second-order valence-electron chi connectivity index (χ2n) is 8.04. The van der Waals surface area contributed by atoms with E-state index in [9.17, 15) is 0 Å². The number of rotatable bonds is 4. The van der Waals surface area contributed by atoms with Crippen LogP contribution in [0.3, 0.4) is 0 Å². The highest BCUT2D eigenvalue weighted by atomic mass is 79.9. The van der Waals surface area contributed by atoms with Crippen LogP contribution in [-0.4, -0.2) is 29.0 Å². The lowest BCUT2D eigenvalue weighted by atomic mass is 9.84. The predicted molar refractivity (Wildman–Crippen MR) is 132 cm³/mol. The molecule has 0 bridgehead atoms. The van der Waals surface area contributed by atoms with Crippen LogP contribution in [0.1, 0.15) is 28.8 Å². The van der Waals surface area contributed by atoms with Crippen LogP contribution in [-0.2, 0) is 0 Å². The molecule has 0 fully saturated rings. The van der Waals surface area contributed by atoms with Gasteiger partial charge in [0.2, 0.25) is 5.95 Å². The van der Waals surface area contributed by atoms with Gasteiger partial charge in [-0.15, -0.1) is 0 Å². The molecular weight excluding hydrogens is 496 g/mol. The molecule has 34 heavy (non-hydrogen) atoms. The molecule has 0 radical (unpaired) electrons. The van der Waals surface area contributed by atoms with Crippen molar-refractivity contribution in [3.05, 3.63) is 99.8 Å². The van der Waals surface area contributed by atoms with Gasteiger partial charge in [-0.25, -0.2) is 4.68 Å². The molecule has 0 aliphatic carbocycles. The van der Waals surface area contributed by atoms with Gasteiger partial charge in [-0.1, -0.05) is 40.2 Å². The molecule has 4 aromatic rings. The highest BCUT2D eigenvalue weighted by Crippen LogP contribution is 2.52. The Balaban J connectivity index is 1.65. The van der Waals surface area contributed by atoms with Gasteiger partial charge < -0.3 is 19.5 Å². The molecule has 0 saturated heterocycles. The van der Waals surface area contributed by atoms with Crippen LogP contribution in [0, 0.1) is 0 Å². The number of ether oxygens (including phenoxy) is 3. The van der Waals surface area contributed by atoms with Crippen molar-refractivity contribution < 1.29 is 14.2 Å². The quantitative estimate of drug-likeness (QED) is 0.379. The zero-order chi connectivity index (χ0) is 23.2. The van der Waals surface area contributed by atoms with Gasteiger partial charge in [0, 0.05) is 21.2 Å². The first kappa shape index (κ1) is 20.8. The standard InChI is InChI=1S/C26H21BrN4O3/c1-32-17-11-12-20(33-2)19(13-17)24-22-23(30-26-28-14-29-31(24)26)18-5-3-4-6-21(18)34-25(22)15-7-9-16(27)10-8-15/h3-14,24-25H,1-2H3,(H,28,29,30). The molecule has 0 spiro atoms. The van der Waals surface area contributed by atoms with Gasteiger partial charge in [-0.3, -0.25) is 0 Å². The fourth-order valence-electron chi connectivity index (χ4n) is 4.68. The maximum absolute atomic E-state index is 6.65. The number of hydrogen-bond donors (Lipinski definition) is 1. The Morgan fingerprint density at radius 2 is 1.82 bits per heavy atom. The molecule has 3 heterocycles. The number of hydrogen-bond acceptors (Lipinski definition) is 6. The first-order valence-electron chi connectivity index (χ1n) is 10.8. The molecule has 3 aromatic carbocycles. The lowest BCUT2D eigenvalue weighted by Gasteiger charge is -2.39. The van der Waals surface area contributed by atoms with Gasteiger partial charge in [-0.05, 0) is 48.0 Å². The topological polar surface area (TPSA) is 70.4 Å². The van der Waals surface area contributed by atoms with Gasteiger partial charge in [0.05, 0.1) is 19.9 Å². The monoisotopic (exact) mass is 516 g/mol. The third-order valence-corrected chi connectivity index (χ3v) is 6.75. The van der Waals surface area contributed by atoms with E-state index in [1.165, 1.54) is 0 Å². The van der Waals surface area contributed by atoms with Crippen LogP contribution in [0.5, 0.6) is 17.2 Å². The molecule has 0 saturated carbocycles. The fraction of sp³-hybridized carbons (Fsp3) is 0.154. The molecule has 1 N–H and O–H groups in total. The molecule has 0 amide bonds. The Hall–Kier alpha value is -3.78. The third kappa shape index (κ3) is 3.25. The number of nitrogens with one attached hydrogen (secondary N) is 1. The first-order chi connectivity index (χ1) is 16.7. The Morgan fingerprint density at radius 3 is 2.62 bits per heavy atom. The van der Waals surface area contributed by atoms with Crippen molar-refractivity contribution in [1.29, 1.82) is 0 Å². The Bertz CT molecular complexity index is 1410. The lowest BCUT2D eigenvalue weighted by molar-refractivity contribution is 0.222. The minimum absolute atomic E-state index is 0.333. The SMILES string of the molecule is COc1ccc(OC)c(C2C3=C(Nc4ncnn42)c2ccccc2OC3c2ccc(Br)cc2)c1. The summed E-state index contributed by atoms with van der Waals surface area (Å²) >= 11 is 3.55. The lowest BCUT2D eigenvalue weighted by Crippen LogP contribution is -2.32. The molecule has 2 atom stereocenters. The molecule has 2 aliphatic rings. The van der Waals surface area contributed by atoms with E-state index in [0.717, 1.165) is 49.7 Å². The van der Waals surface area contributed by atoms with Gasteiger partial charge in [0.1, 0.15) is 35.7 Å². The number of benzene rings is 3. The number of para-hydroxylation sites is 1. The summed E-state index contributed by atoms with van der Waals surface area (Å²) < 4.78 is 20.9. The Labute approximate surface area is 205 Å². The van der Waals surface area contributed by atoms with E-state index in [1.807, 2.05) is 53.2 Å². The van der Waals surface area contributed by atoms with E-state index in [-0.39, 0.29) is 12.1 Å². The highest BCUT2D eigenvalue weighted by Gasteiger charge is 2.42. The average molecular weight is 517 g/mol. The van der Waals surface area contributed by atoms with E-state index in [1.54, 1.807) is 20.5 Å². The zero-order valence-electron chi connectivity index (χ0n) is 18.5. The smallest absolute Gasteiger partial charge is 0.226 e. The van der Waals surface area contributed by atoms with Crippen LogP contribution >= 0.6 is 15.9 Å². The van der Waals surface area contributed by atoms with Crippen LogP contribution in [0.2, 0.25) is 0 Å². The van der Waals surface area contributed by atoms with Crippen LogP contribution < -0.4 is 19.5 Å². The summed E-state index contributed by atoms with van der Waals surface area (Å²) in [6, 6.07) is 21.7. The highest BCUT2D eigenvalue weighted by molar-refractivity contribution is 9.10. The van der Waals surface area contributed by atoms with Crippen molar-refractivity contribution in [3.63, 3.8) is 0 Å². The molecular formula is C26H21BrN4O3. The average Bonchev–Trinajstić information content (AvgIpc) is 3.35. The van der Waals surface area contributed by atoms with Crippen molar-refractivity contribution >= 4 is 27.6 Å². The second-order valence-corrected chi connectivity index (χ2v) is 8.96. The second kappa shape index (κ2) is 8.22. The molecule has 170 valence electrons. The van der Waals surface area contributed by atoms with E-state index in [4.69, 9.17) is 14.2 Å². The summed E-state index contributed by atoms with van der Waals surface area (Å²) in [5, 5.41) is 8.10. The summed E-state index contributed by atoms with van der Waals surface area (Å²) in [6.07, 6.45) is 1.20. The largest absolute Gasteiger partial charge is 0.497 e. The van der Waals surface area contributed by atoms with Crippen LogP contribution in [0.4, 0.5) is 5.95 Å². The molecule has 8 heteroatoms. The van der Waals surface area contributed by atoms with Crippen molar-refractivity contribution in [3.8, 4) is 17.2 Å². The van der Waals surface area contributed by atoms with Crippen molar-refractivity contribution in [2.24, 2.45) is 0 Å². The number of anilines is 1. The summed E-state index contributed by atoms with van der Waals surface area (Å²) in [4.78, 5) is 4.49. The number of halogens is 1. The van der Waals surface area contributed by atoms with E-state index in [2.05, 4.69) is 49.5 Å². The van der Waals surface area contributed by atoms with Crippen LogP contribution in [0.25, 0.3) is 5.70 Å². The summed E-state index contributed by atoms with van der Waals surface area (Å²) in [5.41, 5.74) is 4.90.